The second-order valence-corrected chi connectivity index (χ2v) is 9.59. The lowest BCUT2D eigenvalue weighted by atomic mass is 10.1. The maximum atomic E-state index is 14.0. The molecule has 1 saturated heterocycles. The molecule has 2 aromatic rings. The van der Waals surface area contributed by atoms with E-state index in [0.29, 0.717) is 16.6 Å². The quantitative estimate of drug-likeness (QED) is 0.653. The Labute approximate surface area is 178 Å². The highest BCUT2D eigenvalue weighted by molar-refractivity contribution is 9.10. The summed E-state index contributed by atoms with van der Waals surface area (Å²) < 4.78 is 47.8. The lowest BCUT2D eigenvalue weighted by molar-refractivity contribution is 0.0783. The van der Waals surface area contributed by atoms with Crippen LogP contribution in [0.4, 0.5) is 4.39 Å². The summed E-state index contributed by atoms with van der Waals surface area (Å²) in [4.78, 5) is 14.1. The van der Waals surface area contributed by atoms with E-state index >= 15 is 0 Å². The van der Waals surface area contributed by atoms with Gasteiger partial charge in [-0.3, -0.25) is 4.79 Å². The fourth-order valence-corrected chi connectivity index (χ4v) is 4.62. The Morgan fingerprint density at radius 1 is 1.31 bits per heavy atom. The van der Waals surface area contributed by atoms with Gasteiger partial charge in [0.15, 0.2) is 0 Å². The number of nitrogens with one attached hydrogen (secondary N) is 1. The Kier molecular flexibility index (Phi) is 7.05. The Balaban J connectivity index is 1.71. The first-order valence-corrected chi connectivity index (χ1v) is 11.4. The van der Waals surface area contributed by atoms with Crippen LogP contribution in [0.3, 0.4) is 0 Å². The average molecular weight is 485 g/mol. The minimum atomic E-state index is -3.77. The first kappa shape index (κ1) is 21.9. The molecule has 1 aliphatic heterocycles. The lowest BCUT2D eigenvalue weighted by Crippen LogP contribution is -2.32. The number of benzene rings is 2. The van der Waals surface area contributed by atoms with Crippen molar-refractivity contribution in [3.8, 4) is 0 Å². The van der Waals surface area contributed by atoms with Crippen LogP contribution in [0.15, 0.2) is 51.8 Å². The van der Waals surface area contributed by atoms with Crippen molar-refractivity contribution in [2.45, 2.75) is 30.4 Å². The molecule has 6 nitrogen and oxygen atoms in total. The second kappa shape index (κ2) is 9.34. The number of nitrogens with zero attached hydrogens (tertiary/aromatic N) is 1. The highest BCUT2D eigenvalue weighted by Crippen LogP contribution is 2.19. The lowest BCUT2D eigenvalue weighted by Gasteiger charge is -2.18. The van der Waals surface area contributed by atoms with Gasteiger partial charge in [0.2, 0.25) is 10.0 Å². The highest BCUT2D eigenvalue weighted by Gasteiger charge is 2.22. The predicted molar refractivity (Wildman–Crippen MR) is 111 cm³/mol. The maximum absolute atomic E-state index is 14.0. The third-order valence-electron chi connectivity index (χ3n) is 4.68. The van der Waals surface area contributed by atoms with Crippen molar-refractivity contribution >= 4 is 31.9 Å². The van der Waals surface area contributed by atoms with Crippen LogP contribution in [0.5, 0.6) is 0 Å². The number of hydrogen-bond donors (Lipinski definition) is 1. The molecule has 1 unspecified atom stereocenters. The van der Waals surface area contributed by atoms with Crippen molar-refractivity contribution in [3.63, 3.8) is 0 Å². The molecule has 1 N–H and O–H groups in total. The summed E-state index contributed by atoms with van der Waals surface area (Å²) >= 11 is 3.29. The topological polar surface area (TPSA) is 75.7 Å². The van der Waals surface area contributed by atoms with Gasteiger partial charge in [-0.05, 0) is 49.2 Å². The van der Waals surface area contributed by atoms with E-state index in [4.69, 9.17) is 4.74 Å². The minimum absolute atomic E-state index is 0.00313. The molecular weight excluding hydrogens is 463 g/mol. The summed E-state index contributed by atoms with van der Waals surface area (Å²) in [5, 5.41) is 0. The van der Waals surface area contributed by atoms with E-state index in [0.717, 1.165) is 12.8 Å². The van der Waals surface area contributed by atoms with Gasteiger partial charge in [0.1, 0.15) is 5.82 Å². The second-order valence-electron chi connectivity index (χ2n) is 6.91. The minimum Gasteiger partial charge on any atom is -0.377 e. The molecule has 0 spiro atoms. The molecule has 29 heavy (non-hydrogen) atoms. The van der Waals surface area contributed by atoms with E-state index in [1.807, 2.05) is 0 Å². The van der Waals surface area contributed by atoms with Crippen LogP contribution in [0, 0.1) is 5.82 Å². The van der Waals surface area contributed by atoms with Gasteiger partial charge >= 0.3 is 0 Å². The van der Waals surface area contributed by atoms with Gasteiger partial charge in [-0.2, -0.15) is 0 Å². The molecule has 0 radical (unpaired) electrons. The zero-order valence-corrected chi connectivity index (χ0v) is 18.3. The molecule has 1 amide bonds. The number of amides is 1. The average Bonchev–Trinajstić information content (AvgIpc) is 3.22. The van der Waals surface area contributed by atoms with E-state index in [2.05, 4.69) is 20.7 Å². The third-order valence-corrected chi connectivity index (χ3v) is 6.59. The van der Waals surface area contributed by atoms with Crippen LogP contribution in [0.25, 0.3) is 0 Å². The van der Waals surface area contributed by atoms with Gasteiger partial charge in [0.25, 0.3) is 5.91 Å². The Morgan fingerprint density at radius 2 is 2.10 bits per heavy atom. The number of carbonyl (C=O) groups is 1. The molecule has 9 heteroatoms. The molecule has 156 valence electrons. The zero-order chi connectivity index (χ0) is 21.0. The molecule has 0 saturated carbocycles. The van der Waals surface area contributed by atoms with Crippen LogP contribution in [-0.4, -0.2) is 45.5 Å². The molecule has 0 aliphatic carbocycles. The van der Waals surface area contributed by atoms with Crippen LogP contribution in [0.1, 0.15) is 28.8 Å². The molecule has 0 bridgehead atoms. The van der Waals surface area contributed by atoms with E-state index in [1.54, 1.807) is 19.2 Å². The predicted octanol–water partition coefficient (Wildman–Crippen LogP) is 3.32. The van der Waals surface area contributed by atoms with Gasteiger partial charge in [0, 0.05) is 42.3 Å². The number of halogens is 2. The van der Waals surface area contributed by atoms with Crippen molar-refractivity contribution in [3.05, 3.63) is 63.9 Å². The zero-order valence-electron chi connectivity index (χ0n) is 15.9. The van der Waals surface area contributed by atoms with Crippen molar-refractivity contribution in [2.24, 2.45) is 0 Å². The van der Waals surface area contributed by atoms with Crippen LogP contribution >= 0.6 is 15.9 Å². The van der Waals surface area contributed by atoms with E-state index in [-0.39, 0.29) is 29.7 Å². The van der Waals surface area contributed by atoms with Crippen molar-refractivity contribution < 1.29 is 22.3 Å². The maximum Gasteiger partial charge on any atom is 0.253 e. The van der Waals surface area contributed by atoms with Gasteiger partial charge in [-0.15, -0.1) is 0 Å². The smallest absolute Gasteiger partial charge is 0.253 e. The Hall–Kier alpha value is -1.81. The first-order valence-electron chi connectivity index (χ1n) is 9.17. The number of sulfonamides is 1. The molecule has 0 aromatic heterocycles. The SMILES string of the molecule is CN(Cc1cc(Br)ccc1F)C(=O)c1cccc(S(=O)(=O)NCC2CCCO2)c1. The van der Waals surface area contributed by atoms with Gasteiger partial charge < -0.3 is 9.64 Å². The molecule has 1 aliphatic rings. The standard InChI is InChI=1S/C20H22BrFN2O4S/c1-24(13-15-10-16(21)7-8-19(15)22)20(25)14-4-2-6-18(11-14)29(26,27)23-12-17-5-3-9-28-17/h2,4,6-8,10-11,17,23H,3,5,9,12-13H2,1H3. The summed E-state index contributed by atoms with van der Waals surface area (Å²) in [5.74, 6) is -0.817. The number of carbonyl (C=O) groups excluding carboxylic acids is 1. The van der Waals surface area contributed by atoms with Gasteiger partial charge in [-0.1, -0.05) is 22.0 Å². The van der Waals surface area contributed by atoms with Gasteiger partial charge in [-0.25, -0.2) is 17.5 Å². The fourth-order valence-electron chi connectivity index (χ4n) is 3.10. The van der Waals surface area contributed by atoms with Crippen molar-refractivity contribution in [1.29, 1.82) is 0 Å². The van der Waals surface area contributed by atoms with E-state index < -0.39 is 21.7 Å². The van der Waals surface area contributed by atoms with Gasteiger partial charge in [0.05, 0.1) is 11.0 Å². The van der Waals surface area contributed by atoms with Crippen LogP contribution < -0.4 is 4.72 Å². The molecule has 1 heterocycles. The molecule has 1 fully saturated rings. The van der Waals surface area contributed by atoms with E-state index in [1.165, 1.54) is 35.2 Å². The Bertz CT molecular complexity index is 994. The summed E-state index contributed by atoms with van der Waals surface area (Å²) in [5.41, 5.74) is 0.570. The largest absolute Gasteiger partial charge is 0.377 e. The first-order chi connectivity index (χ1) is 13.8. The van der Waals surface area contributed by atoms with E-state index in [9.17, 15) is 17.6 Å². The summed E-state index contributed by atoms with van der Waals surface area (Å²) in [6, 6.07) is 10.3. The number of rotatable bonds is 7. The molecule has 3 rings (SSSR count). The fraction of sp³-hybridized carbons (Fsp3) is 0.350. The summed E-state index contributed by atoms with van der Waals surface area (Å²) in [6.07, 6.45) is 1.61. The molecule has 1 atom stereocenters. The monoisotopic (exact) mass is 484 g/mol. The van der Waals surface area contributed by atoms with Crippen LogP contribution in [-0.2, 0) is 21.3 Å². The van der Waals surface area contributed by atoms with Crippen molar-refractivity contribution in [1.82, 2.24) is 9.62 Å². The summed E-state index contributed by atoms with van der Waals surface area (Å²) in [7, 11) is -2.23. The molecule has 2 aromatic carbocycles. The van der Waals surface area contributed by atoms with Crippen LogP contribution in [0.2, 0.25) is 0 Å². The summed E-state index contributed by atoms with van der Waals surface area (Å²) in [6.45, 7) is 0.891. The normalized spacial score (nSPS) is 16.7. The highest BCUT2D eigenvalue weighted by atomic mass is 79.9. The third kappa shape index (κ3) is 5.63. The number of hydrogen-bond acceptors (Lipinski definition) is 4. The Morgan fingerprint density at radius 3 is 2.83 bits per heavy atom. The number of ether oxygens (including phenoxy) is 1. The molecular formula is C20H22BrFN2O4S. The van der Waals surface area contributed by atoms with Crippen molar-refractivity contribution in [2.75, 3.05) is 20.2 Å².